The zero-order valence-corrected chi connectivity index (χ0v) is 14.3. The molecule has 1 aliphatic rings. The molecule has 0 aromatic heterocycles. The second-order valence-corrected chi connectivity index (χ2v) is 6.72. The second-order valence-electron chi connectivity index (χ2n) is 5.87. The number of halogens is 1. The Hall–Kier alpha value is -1.34. The molecule has 108 valence electrons. The van der Waals surface area contributed by atoms with E-state index in [1.807, 2.05) is 0 Å². The highest BCUT2D eigenvalue weighted by Gasteiger charge is 2.18. The average Bonchev–Trinajstić information content (AvgIpc) is 2.87. The molecule has 0 radical (unpaired) electrons. The molecule has 0 bridgehead atoms. The molecule has 3 rings (SSSR count). The van der Waals surface area contributed by atoms with Crippen LogP contribution in [-0.2, 0) is 6.42 Å². The van der Waals surface area contributed by atoms with Crippen LogP contribution >= 0.6 is 15.9 Å². The molecule has 0 N–H and O–H groups in total. The van der Waals surface area contributed by atoms with E-state index in [2.05, 4.69) is 78.3 Å². The summed E-state index contributed by atoms with van der Waals surface area (Å²) < 4.78 is 1.23. The lowest BCUT2D eigenvalue weighted by atomic mass is 9.93. The Morgan fingerprint density at radius 3 is 2.76 bits per heavy atom. The quantitative estimate of drug-likeness (QED) is 0.588. The third-order valence-electron chi connectivity index (χ3n) is 4.31. The van der Waals surface area contributed by atoms with Gasteiger partial charge in [0.1, 0.15) is 0 Å². The van der Waals surface area contributed by atoms with E-state index in [0.29, 0.717) is 5.92 Å². The first-order valence-corrected chi connectivity index (χ1v) is 8.60. The first-order valence-electron chi connectivity index (χ1n) is 7.80. The van der Waals surface area contributed by atoms with Gasteiger partial charge in [-0.1, -0.05) is 72.6 Å². The molecular weight excluding hydrogens is 320 g/mol. The molecule has 2 aromatic carbocycles. The van der Waals surface area contributed by atoms with Crippen molar-refractivity contribution in [1.29, 1.82) is 0 Å². The molecule has 0 fully saturated rings. The molecule has 0 spiro atoms. The fourth-order valence-electron chi connectivity index (χ4n) is 3.14. The summed E-state index contributed by atoms with van der Waals surface area (Å²) in [6, 6.07) is 13.4. The molecule has 0 heterocycles. The number of fused-ring (bicyclic) bond motifs is 1. The molecule has 0 saturated carbocycles. The molecule has 1 heteroatoms. The van der Waals surface area contributed by atoms with Crippen LogP contribution < -0.4 is 0 Å². The van der Waals surface area contributed by atoms with Crippen molar-refractivity contribution in [3.05, 3.63) is 63.6 Å². The van der Waals surface area contributed by atoms with Gasteiger partial charge in [-0.2, -0.15) is 0 Å². The number of benzene rings is 2. The molecule has 0 aliphatic heterocycles. The minimum Gasteiger partial charge on any atom is -0.0766 e. The molecule has 0 amide bonds. The number of hydrogen-bond acceptors (Lipinski definition) is 0. The highest BCUT2D eigenvalue weighted by molar-refractivity contribution is 9.10. The van der Waals surface area contributed by atoms with E-state index in [-0.39, 0.29) is 0 Å². The predicted molar refractivity (Wildman–Crippen MR) is 95.6 cm³/mol. The van der Waals surface area contributed by atoms with Gasteiger partial charge in [-0.3, -0.25) is 0 Å². The summed E-state index contributed by atoms with van der Waals surface area (Å²) in [5.41, 5.74) is 6.94. The first-order chi connectivity index (χ1) is 10.2. The van der Waals surface area contributed by atoms with Gasteiger partial charge in [-0.15, -0.1) is 0 Å². The van der Waals surface area contributed by atoms with Crippen molar-refractivity contribution in [2.24, 2.45) is 0 Å². The molecule has 0 saturated heterocycles. The Morgan fingerprint density at radius 2 is 1.95 bits per heavy atom. The van der Waals surface area contributed by atoms with Gasteiger partial charge in [0, 0.05) is 10.4 Å². The van der Waals surface area contributed by atoms with Gasteiger partial charge in [-0.25, -0.2) is 0 Å². The van der Waals surface area contributed by atoms with E-state index in [4.69, 9.17) is 0 Å². The minimum atomic E-state index is 0.513. The van der Waals surface area contributed by atoms with Crippen LogP contribution in [0.2, 0.25) is 0 Å². The zero-order chi connectivity index (χ0) is 14.8. The molecule has 1 atom stereocenters. The van der Waals surface area contributed by atoms with E-state index in [0.717, 1.165) is 6.42 Å². The standard InChI is InChI=1S/C20H21Br/c1-3-4-7-15-8-5-6-9-18(15)17-12-16-11-10-14(2)20(16)19(21)13-17/h5-6,8-14H,3-4,7H2,1-2H3. The third-order valence-corrected chi connectivity index (χ3v) is 4.97. The average molecular weight is 341 g/mol. The van der Waals surface area contributed by atoms with Crippen LogP contribution in [0.25, 0.3) is 17.2 Å². The van der Waals surface area contributed by atoms with Crippen molar-refractivity contribution in [2.45, 2.75) is 39.0 Å². The van der Waals surface area contributed by atoms with E-state index in [1.165, 1.54) is 45.1 Å². The summed E-state index contributed by atoms with van der Waals surface area (Å²) in [5, 5.41) is 0. The lowest BCUT2D eigenvalue weighted by Gasteiger charge is -2.14. The van der Waals surface area contributed by atoms with Crippen LogP contribution in [0.1, 0.15) is 49.3 Å². The summed E-state index contributed by atoms with van der Waals surface area (Å²) >= 11 is 3.77. The fourth-order valence-corrected chi connectivity index (χ4v) is 3.98. The smallest absolute Gasteiger partial charge is 0.0225 e. The summed E-state index contributed by atoms with van der Waals surface area (Å²) in [6.07, 6.45) is 8.18. The van der Waals surface area contributed by atoms with Gasteiger partial charge >= 0.3 is 0 Å². The Balaban J connectivity index is 2.06. The Labute approximate surface area is 136 Å². The van der Waals surface area contributed by atoms with Gasteiger partial charge in [0.05, 0.1) is 0 Å². The Kier molecular flexibility index (Phi) is 4.30. The lowest BCUT2D eigenvalue weighted by molar-refractivity contribution is 0.796. The molecule has 1 unspecified atom stereocenters. The number of aryl methyl sites for hydroxylation is 1. The van der Waals surface area contributed by atoms with Crippen LogP contribution in [0.3, 0.4) is 0 Å². The van der Waals surface area contributed by atoms with Gasteiger partial charge in [0.25, 0.3) is 0 Å². The number of unbranched alkanes of at least 4 members (excludes halogenated alkanes) is 1. The van der Waals surface area contributed by atoms with Gasteiger partial charge in [-0.05, 0) is 52.8 Å². The SMILES string of the molecule is CCCCc1ccccc1-c1cc(Br)c2c(c1)C=CC2C. The maximum absolute atomic E-state index is 3.77. The van der Waals surface area contributed by atoms with Crippen molar-refractivity contribution in [3.63, 3.8) is 0 Å². The predicted octanol–water partition coefficient (Wildman–Crippen LogP) is 6.59. The fraction of sp³-hybridized carbons (Fsp3) is 0.300. The van der Waals surface area contributed by atoms with Crippen LogP contribution in [0.5, 0.6) is 0 Å². The zero-order valence-electron chi connectivity index (χ0n) is 12.7. The van der Waals surface area contributed by atoms with Gasteiger partial charge < -0.3 is 0 Å². The van der Waals surface area contributed by atoms with Crippen LogP contribution in [0, 0.1) is 0 Å². The number of hydrogen-bond donors (Lipinski definition) is 0. The second kappa shape index (κ2) is 6.19. The number of allylic oxidation sites excluding steroid dienone is 1. The molecule has 1 aliphatic carbocycles. The normalized spacial score (nSPS) is 16.2. The summed E-state index contributed by atoms with van der Waals surface area (Å²) in [7, 11) is 0. The van der Waals surface area contributed by atoms with E-state index < -0.39 is 0 Å². The van der Waals surface area contributed by atoms with E-state index in [1.54, 1.807) is 0 Å². The maximum Gasteiger partial charge on any atom is 0.0225 e. The van der Waals surface area contributed by atoms with Crippen LogP contribution in [0.15, 0.2) is 46.9 Å². The Morgan fingerprint density at radius 1 is 1.14 bits per heavy atom. The summed E-state index contributed by atoms with van der Waals surface area (Å²) in [5.74, 6) is 0.513. The van der Waals surface area contributed by atoms with Crippen LogP contribution in [-0.4, -0.2) is 0 Å². The highest BCUT2D eigenvalue weighted by atomic mass is 79.9. The Bertz CT molecular complexity index is 682. The largest absolute Gasteiger partial charge is 0.0766 e. The number of rotatable bonds is 4. The van der Waals surface area contributed by atoms with E-state index in [9.17, 15) is 0 Å². The van der Waals surface area contributed by atoms with Crippen LogP contribution in [0.4, 0.5) is 0 Å². The van der Waals surface area contributed by atoms with E-state index >= 15 is 0 Å². The summed E-state index contributed by atoms with van der Waals surface area (Å²) in [6.45, 7) is 4.50. The molecule has 0 nitrogen and oxygen atoms in total. The van der Waals surface area contributed by atoms with Crippen molar-refractivity contribution < 1.29 is 0 Å². The van der Waals surface area contributed by atoms with Gasteiger partial charge in [0.2, 0.25) is 0 Å². The minimum absolute atomic E-state index is 0.513. The summed E-state index contributed by atoms with van der Waals surface area (Å²) in [4.78, 5) is 0. The topological polar surface area (TPSA) is 0 Å². The third kappa shape index (κ3) is 2.85. The molecule has 21 heavy (non-hydrogen) atoms. The first kappa shape index (κ1) is 14.6. The van der Waals surface area contributed by atoms with Crippen molar-refractivity contribution >= 4 is 22.0 Å². The molecule has 2 aromatic rings. The van der Waals surface area contributed by atoms with Crippen molar-refractivity contribution in [3.8, 4) is 11.1 Å². The van der Waals surface area contributed by atoms with Gasteiger partial charge in [0.15, 0.2) is 0 Å². The molecular formula is C20H21Br. The lowest BCUT2D eigenvalue weighted by Crippen LogP contribution is -1.94. The van der Waals surface area contributed by atoms with Crippen molar-refractivity contribution in [1.82, 2.24) is 0 Å². The monoisotopic (exact) mass is 340 g/mol. The highest BCUT2D eigenvalue weighted by Crippen LogP contribution is 2.39. The maximum atomic E-state index is 3.77. The van der Waals surface area contributed by atoms with Crippen molar-refractivity contribution in [2.75, 3.05) is 0 Å².